The third kappa shape index (κ3) is 5.17. The van der Waals surface area contributed by atoms with Crippen molar-refractivity contribution in [1.29, 1.82) is 0 Å². The predicted molar refractivity (Wildman–Crippen MR) is 128 cm³/mol. The SMILES string of the molecule is COc1ccc(C(=O)Nc2nc(-c3c(C)cc(C)cc3C)cs2)cc1S(=O)(=O)NC(C)C. The average molecular weight is 474 g/mol. The fourth-order valence-electron chi connectivity index (χ4n) is 3.60. The Labute approximate surface area is 192 Å². The molecule has 0 bridgehead atoms. The molecule has 0 radical (unpaired) electrons. The van der Waals surface area contributed by atoms with Crippen molar-refractivity contribution < 1.29 is 17.9 Å². The van der Waals surface area contributed by atoms with Crippen LogP contribution < -0.4 is 14.8 Å². The Morgan fingerprint density at radius 1 is 1.09 bits per heavy atom. The molecule has 0 unspecified atom stereocenters. The van der Waals surface area contributed by atoms with Crippen LogP contribution in [0.1, 0.15) is 40.9 Å². The zero-order valence-corrected chi connectivity index (χ0v) is 20.6. The molecule has 0 spiro atoms. The Morgan fingerprint density at radius 2 is 1.75 bits per heavy atom. The molecular weight excluding hydrogens is 446 g/mol. The summed E-state index contributed by atoms with van der Waals surface area (Å²) in [6.07, 6.45) is 0. The monoisotopic (exact) mass is 473 g/mol. The smallest absolute Gasteiger partial charge is 0.257 e. The van der Waals surface area contributed by atoms with Crippen molar-refractivity contribution in [3.63, 3.8) is 0 Å². The summed E-state index contributed by atoms with van der Waals surface area (Å²) in [5, 5.41) is 5.10. The van der Waals surface area contributed by atoms with Crippen LogP contribution in [0, 0.1) is 20.8 Å². The van der Waals surface area contributed by atoms with Gasteiger partial charge < -0.3 is 4.74 Å². The van der Waals surface area contributed by atoms with Crippen molar-refractivity contribution in [3.05, 3.63) is 58.0 Å². The fourth-order valence-corrected chi connectivity index (χ4v) is 5.74. The molecule has 32 heavy (non-hydrogen) atoms. The van der Waals surface area contributed by atoms with Gasteiger partial charge in [-0.1, -0.05) is 17.7 Å². The number of amides is 1. The predicted octanol–water partition coefficient (Wildman–Crippen LogP) is 4.68. The van der Waals surface area contributed by atoms with Crippen LogP contribution in [-0.4, -0.2) is 32.5 Å². The summed E-state index contributed by atoms with van der Waals surface area (Å²) < 4.78 is 33.0. The van der Waals surface area contributed by atoms with Crippen LogP contribution in [0.25, 0.3) is 11.3 Å². The lowest BCUT2D eigenvalue weighted by Gasteiger charge is -2.14. The number of aromatic nitrogens is 1. The number of carbonyl (C=O) groups excluding carboxylic acids is 1. The molecule has 0 saturated carbocycles. The molecule has 9 heteroatoms. The van der Waals surface area contributed by atoms with E-state index in [1.165, 1.54) is 42.2 Å². The van der Waals surface area contributed by atoms with Gasteiger partial charge >= 0.3 is 0 Å². The highest BCUT2D eigenvalue weighted by atomic mass is 32.2. The third-order valence-corrected chi connectivity index (χ3v) is 7.20. The summed E-state index contributed by atoms with van der Waals surface area (Å²) in [6.45, 7) is 9.57. The minimum atomic E-state index is -3.84. The molecular formula is C23H27N3O4S2. The summed E-state index contributed by atoms with van der Waals surface area (Å²) in [5.41, 5.74) is 5.45. The number of nitrogens with one attached hydrogen (secondary N) is 2. The second kappa shape index (κ2) is 9.40. The molecule has 3 rings (SSSR count). The number of sulfonamides is 1. The van der Waals surface area contributed by atoms with E-state index in [9.17, 15) is 13.2 Å². The molecule has 0 aliphatic carbocycles. The molecule has 1 amide bonds. The number of nitrogens with zero attached hydrogens (tertiary/aromatic N) is 1. The minimum absolute atomic E-state index is 0.0907. The van der Waals surface area contributed by atoms with Crippen LogP contribution in [0.2, 0.25) is 0 Å². The quantitative estimate of drug-likeness (QED) is 0.519. The summed E-state index contributed by atoms with van der Waals surface area (Å²) in [4.78, 5) is 17.3. The summed E-state index contributed by atoms with van der Waals surface area (Å²) in [5.74, 6) is -0.288. The van der Waals surface area contributed by atoms with E-state index in [0.29, 0.717) is 5.13 Å². The normalized spacial score (nSPS) is 11.6. The maximum atomic E-state index is 12.8. The van der Waals surface area contributed by atoms with Crippen LogP contribution in [0.15, 0.2) is 40.6 Å². The van der Waals surface area contributed by atoms with Crippen LogP contribution in [0.5, 0.6) is 5.75 Å². The number of anilines is 1. The lowest BCUT2D eigenvalue weighted by Crippen LogP contribution is -2.30. The first kappa shape index (κ1) is 23.9. The maximum Gasteiger partial charge on any atom is 0.257 e. The fraction of sp³-hybridized carbons (Fsp3) is 0.304. The van der Waals surface area contributed by atoms with Gasteiger partial charge in [-0.3, -0.25) is 10.1 Å². The second-order valence-corrected chi connectivity index (χ2v) is 10.4. The Morgan fingerprint density at radius 3 is 2.34 bits per heavy atom. The van der Waals surface area contributed by atoms with E-state index in [1.807, 2.05) is 19.2 Å². The highest BCUT2D eigenvalue weighted by Crippen LogP contribution is 2.31. The highest BCUT2D eigenvalue weighted by molar-refractivity contribution is 7.89. The van der Waals surface area contributed by atoms with E-state index in [1.54, 1.807) is 13.8 Å². The maximum absolute atomic E-state index is 12.8. The largest absolute Gasteiger partial charge is 0.495 e. The van der Waals surface area contributed by atoms with E-state index in [2.05, 4.69) is 34.1 Å². The van der Waals surface area contributed by atoms with Crippen molar-refractivity contribution in [2.75, 3.05) is 12.4 Å². The minimum Gasteiger partial charge on any atom is -0.495 e. The van der Waals surface area contributed by atoms with Gasteiger partial charge in [-0.15, -0.1) is 11.3 Å². The zero-order valence-electron chi connectivity index (χ0n) is 18.9. The number of hydrogen-bond donors (Lipinski definition) is 2. The Balaban J connectivity index is 1.88. The molecule has 0 aliphatic rings. The van der Waals surface area contributed by atoms with Gasteiger partial charge in [0.15, 0.2) is 5.13 Å². The van der Waals surface area contributed by atoms with Crippen molar-refractivity contribution in [2.24, 2.45) is 0 Å². The molecule has 7 nitrogen and oxygen atoms in total. The molecule has 170 valence electrons. The van der Waals surface area contributed by atoms with Crippen molar-refractivity contribution in [3.8, 4) is 17.0 Å². The van der Waals surface area contributed by atoms with Gasteiger partial charge in [-0.05, 0) is 63.9 Å². The molecule has 0 aliphatic heterocycles. The molecule has 0 saturated heterocycles. The van der Waals surface area contributed by atoms with E-state index in [0.717, 1.165) is 22.4 Å². The Hall–Kier alpha value is -2.75. The standard InChI is InChI=1S/C23H27N3O4S2/c1-13(2)26-32(28,29)20-11-17(7-8-19(20)30-6)22(27)25-23-24-18(12-31-23)21-15(4)9-14(3)10-16(21)5/h7-13,26H,1-6H3,(H,24,25,27). The second-order valence-electron chi connectivity index (χ2n) is 7.91. The van der Waals surface area contributed by atoms with E-state index in [-0.39, 0.29) is 22.3 Å². The summed E-state index contributed by atoms with van der Waals surface area (Å²) in [6, 6.07) is 8.20. The first-order valence-corrected chi connectivity index (χ1v) is 12.4. The van der Waals surface area contributed by atoms with Crippen molar-refractivity contribution >= 4 is 32.4 Å². The molecule has 1 heterocycles. The van der Waals surface area contributed by atoms with E-state index >= 15 is 0 Å². The first-order valence-electron chi connectivity index (χ1n) is 10.1. The van der Waals surface area contributed by atoms with Gasteiger partial charge in [-0.25, -0.2) is 18.1 Å². The number of methoxy groups -OCH3 is 1. The van der Waals surface area contributed by atoms with Crippen molar-refractivity contribution in [2.45, 2.75) is 45.6 Å². The molecule has 0 atom stereocenters. The van der Waals surface area contributed by atoms with Gasteiger partial charge in [0.2, 0.25) is 10.0 Å². The number of rotatable bonds is 7. The lowest BCUT2D eigenvalue weighted by molar-refractivity contribution is 0.102. The van der Waals surface area contributed by atoms with Gasteiger partial charge in [0.25, 0.3) is 5.91 Å². The molecule has 0 fully saturated rings. The molecule has 1 aromatic heterocycles. The van der Waals surface area contributed by atoms with Crippen LogP contribution in [0.3, 0.4) is 0 Å². The number of ether oxygens (including phenoxy) is 1. The molecule has 2 aromatic carbocycles. The average Bonchev–Trinajstić information content (AvgIpc) is 3.13. The van der Waals surface area contributed by atoms with Gasteiger partial charge in [0, 0.05) is 22.5 Å². The highest BCUT2D eigenvalue weighted by Gasteiger charge is 2.23. The number of aryl methyl sites for hydroxylation is 3. The number of benzene rings is 2. The summed E-state index contributed by atoms with van der Waals surface area (Å²) in [7, 11) is -2.46. The van der Waals surface area contributed by atoms with E-state index in [4.69, 9.17) is 4.74 Å². The van der Waals surface area contributed by atoms with Gasteiger partial charge in [0.1, 0.15) is 10.6 Å². The molecule has 3 aromatic rings. The Kier molecular flexibility index (Phi) is 7.02. The number of thiazole rings is 1. The zero-order chi connectivity index (χ0) is 23.6. The third-order valence-electron chi connectivity index (χ3n) is 4.76. The molecule has 2 N–H and O–H groups in total. The van der Waals surface area contributed by atoms with Crippen LogP contribution in [-0.2, 0) is 10.0 Å². The van der Waals surface area contributed by atoms with Gasteiger partial charge in [0.05, 0.1) is 12.8 Å². The van der Waals surface area contributed by atoms with E-state index < -0.39 is 15.9 Å². The Bertz CT molecular complexity index is 1240. The number of hydrogen-bond acceptors (Lipinski definition) is 6. The lowest BCUT2D eigenvalue weighted by atomic mass is 9.98. The topological polar surface area (TPSA) is 97.4 Å². The number of carbonyl (C=O) groups is 1. The van der Waals surface area contributed by atoms with Gasteiger partial charge in [-0.2, -0.15) is 0 Å². The van der Waals surface area contributed by atoms with Crippen molar-refractivity contribution in [1.82, 2.24) is 9.71 Å². The first-order chi connectivity index (χ1) is 15.0. The van der Waals surface area contributed by atoms with Crippen LogP contribution in [0.4, 0.5) is 5.13 Å². The summed E-state index contributed by atoms with van der Waals surface area (Å²) >= 11 is 1.32. The van der Waals surface area contributed by atoms with Crippen LogP contribution >= 0.6 is 11.3 Å².